The molecule has 4 aromatic carbocycles. The molecule has 0 spiro atoms. The van der Waals surface area contributed by atoms with Gasteiger partial charge in [-0.15, -0.1) is 10.2 Å². The predicted octanol–water partition coefficient (Wildman–Crippen LogP) is 6.08. The Hall–Kier alpha value is -4.08. The molecule has 1 heterocycles. The van der Waals surface area contributed by atoms with Gasteiger partial charge in [0.05, 0.1) is 5.69 Å². The minimum absolute atomic E-state index is 0.727. The van der Waals surface area contributed by atoms with Gasteiger partial charge in [0, 0.05) is 27.8 Å². The Labute approximate surface area is 186 Å². The summed E-state index contributed by atoms with van der Waals surface area (Å²) in [5.41, 5.74) is 6.51. The Bertz CT molecular complexity index is 1430. The molecule has 0 saturated carbocycles. The number of rotatable bonds is 3. The lowest BCUT2D eigenvalue weighted by Crippen LogP contribution is -2.27. The summed E-state index contributed by atoms with van der Waals surface area (Å²) >= 11 is 0. The van der Waals surface area contributed by atoms with Crippen molar-refractivity contribution in [3.05, 3.63) is 132 Å². The lowest BCUT2D eigenvalue weighted by atomic mass is 9.80. The molecule has 1 N–H and O–H groups in total. The van der Waals surface area contributed by atoms with Crippen LogP contribution in [-0.4, -0.2) is 15.3 Å². The Morgan fingerprint density at radius 3 is 1.72 bits per heavy atom. The first-order valence-electron chi connectivity index (χ1n) is 10.7. The second-order valence-corrected chi connectivity index (χ2v) is 8.03. The molecule has 32 heavy (non-hydrogen) atoms. The van der Waals surface area contributed by atoms with Crippen LogP contribution in [0.1, 0.15) is 16.7 Å². The third-order valence-electron chi connectivity index (χ3n) is 6.23. The van der Waals surface area contributed by atoms with Crippen molar-refractivity contribution in [2.45, 2.75) is 5.60 Å². The van der Waals surface area contributed by atoms with Crippen molar-refractivity contribution in [2.24, 2.45) is 0 Å². The normalized spacial score (nSPS) is 16.4. The average Bonchev–Trinajstić information content (AvgIpc) is 3.14. The zero-order chi connectivity index (χ0) is 21.5. The maximum atomic E-state index is 12.5. The van der Waals surface area contributed by atoms with Gasteiger partial charge in [-0.3, -0.25) is 0 Å². The quantitative estimate of drug-likeness (QED) is 0.391. The minimum atomic E-state index is -1.34. The van der Waals surface area contributed by atoms with Gasteiger partial charge in [0.15, 0.2) is 0 Å². The Kier molecular flexibility index (Phi) is 4.23. The number of fused-ring (bicyclic) bond motifs is 3. The number of aliphatic hydroxyl groups is 1. The highest BCUT2D eigenvalue weighted by molar-refractivity contribution is 5.83. The highest BCUT2D eigenvalue weighted by Crippen LogP contribution is 2.52. The average molecular weight is 412 g/mol. The van der Waals surface area contributed by atoms with E-state index in [4.69, 9.17) is 0 Å². The van der Waals surface area contributed by atoms with Crippen LogP contribution in [0.2, 0.25) is 0 Å². The molecule has 6 rings (SSSR count). The molecule has 1 aliphatic rings. The zero-order valence-corrected chi connectivity index (χ0v) is 17.3. The van der Waals surface area contributed by atoms with Crippen LogP contribution in [0.5, 0.6) is 0 Å². The summed E-state index contributed by atoms with van der Waals surface area (Å²) in [7, 11) is 0. The maximum absolute atomic E-state index is 12.5. The van der Waals surface area contributed by atoms with Gasteiger partial charge in [0.1, 0.15) is 11.3 Å². The van der Waals surface area contributed by atoms with Crippen LogP contribution in [0.3, 0.4) is 0 Å². The molecule has 3 nitrogen and oxygen atoms in total. The van der Waals surface area contributed by atoms with Crippen molar-refractivity contribution in [2.75, 3.05) is 0 Å². The summed E-state index contributed by atoms with van der Waals surface area (Å²) in [6.45, 7) is 0. The van der Waals surface area contributed by atoms with E-state index in [-0.39, 0.29) is 0 Å². The molecule has 1 aromatic heterocycles. The fourth-order valence-electron chi connectivity index (χ4n) is 4.72. The number of hydrogen-bond acceptors (Lipinski definition) is 3. The van der Waals surface area contributed by atoms with E-state index in [9.17, 15) is 5.11 Å². The van der Waals surface area contributed by atoms with E-state index in [1.54, 1.807) is 0 Å². The smallest absolute Gasteiger partial charge is 0.144 e. The molecule has 0 aliphatic heterocycles. The summed E-state index contributed by atoms with van der Waals surface area (Å²) in [4.78, 5) is 0. The number of nitrogens with zero attached hydrogens (tertiary/aromatic N) is 2. The van der Waals surface area contributed by atoms with Crippen LogP contribution < -0.4 is 0 Å². The van der Waals surface area contributed by atoms with Crippen LogP contribution in [0.25, 0.3) is 33.6 Å². The molecule has 0 saturated heterocycles. The van der Waals surface area contributed by atoms with Gasteiger partial charge in [-0.05, 0) is 17.2 Å². The third-order valence-corrected chi connectivity index (χ3v) is 6.23. The monoisotopic (exact) mass is 412 g/mol. The van der Waals surface area contributed by atoms with E-state index in [0.29, 0.717) is 0 Å². The fourth-order valence-corrected chi connectivity index (χ4v) is 4.72. The predicted molar refractivity (Wildman–Crippen MR) is 127 cm³/mol. The van der Waals surface area contributed by atoms with E-state index in [1.165, 1.54) is 0 Å². The first-order valence-corrected chi connectivity index (χ1v) is 10.7. The summed E-state index contributed by atoms with van der Waals surface area (Å²) in [5, 5.41) is 21.6. The van der Waals surface area contributed by atoms with Gasteiger partial charge in [0.2, 0.25) is 0 Å². The second-order valence-electron chi connectivity index (χ2n) is 8.03. The van der Waals surface area contributed by atoms with E-state index >= 15 is 0 Å². The van der Waals surface area contributed by atoms with Crippen LogP contribution >= 0.6 is 0 Å². The van der Waals surface area contributed by atoms with Crippen LogP contribution in [-0.2, 0) is 5.60 Å². The molecule has 0 fully saturated rings. The lowest BCUT2D eigenvalue weighted by molar-refractivity contribution is 0.131. The molecule has 1 unspecified atom stereocenters. The van der Waals surface area contributed by atoms with Gasteiger partial charge >= 0.3 is 0 Å². The highest BCUT2D eigenvalue weighted by atomic mass is 16.3. The Balaban J connectivity index is 1.65. The molecule has 152 valence electrons. The van der Waals surface area contributed by atoms with Crippen molar-refractivity contribution in [3.63, 3.8) is 0 Å². The third kappa shape index (κ3) is 2.72. The van der Waals surface area contributed by atoms with Gasteiger partial charge in [-0.1, -0.05) is 109 Å². The van der Waals surface area contributed by atoms with E-state index in [2.05, 4.69) is 28.4 Å². The summed E-state index contributed by atoms with van der Waals surface area (Å²) in [6.07, 6.45) is 0. The van der Waals surface area contributed by atoms with Gasteiger partial charge < -0.3 is 5.11 Å². The van der Waals surface area contributed by atoms with E-state index < -0.39 is 5.60 Å². The van der Waals surface area contributed by atoms with Crippen molar-refractivity contribution >= 4 is 0 Å². The van der Waals surface area contributed by atoms with Crippen LogP contribution in [0, 0.1) is 0 Å². The van der Waals surface area contributed by atoms with Crippen molar-refractivity contribution in [1.82, 2.24) is 10.2 Å². The lowest BCUT2D eigenvalue weighted by Gasteiger charge is -2.29. The first kappa shape index (κ1) is 18.7. The zero-order valence-electron chi connectivity index (χ0n) is 17.3. The summed E-state index contributed by atoms with van der Waals surface area (Å²) in [6, 6.07) is 38.1. The molecule has 0 radical (unpaired) electrons. The van der Waals surface area contributed by atoms with Crippen LogP contribution in [0.4, 0.5) is 0 Å². The number of hydrogen-bond donors (Lipinski definition) is 1. The largest absolute Gasteiger partial charge is 0.376 e. The highest BCUT2D eigenvalue weighted by Gasteiger charge is 2.45. The number of benzene rings is 4. The summed E-state index contributed by atoms with van der Waals surface area (Å²) < 4.78 is 0. The molecule has 1 atom stereocenters. The van der Waals surface area contributed by atoms with Crippen LogP contribution in [0.15, 0.2) is 115 Å². The van der Waals surface area contributed by atoms with E-state index in [0.717, 1.165) is 50.3 Å². The molecule has 3 heteroatoms. The second kappa shape index (κ2) is 7.26. The topological polar surface area (TPSA) is 46.0 Å². The molecular weight excluding hydrogens is 392 g/mol. The number of aromatic nitrogens is 2. The molecule has 0 bridgehead atoms. The minimum Gasteiger partial charge on any atom is -0.376 e. The molecular formula is C29H20N2O. The fraction of sp³-hybridized carbons (Fsp3) is 0.0345. The SMILES string of the molecule is OC1(c2ccccc2-c2ccccc2)c2ccccc2-c2nnc(-c3ccccc3)cc21. The van der Waals surface area contributed by atoms with Crippen molar-refractivity contribution < 1.29 is 5.11 Å². The van der Waals surface area contributed by atoms with Crippen molar-refractivity contribution in [3.8, 4) is 33.6 Å². The van der Waals surface area contributed by atoms with Gasteiger partial charge in [-0.25, -0.2) is 0 Å². The Morgan fingerprint density at radius 2 is 1.03 bits per heavy atom. The van der Waals surface area contributed by atoms with E-state index in [1.807, 2.05) is 97.1 Å². The summed E-state index contributed by atoms with van der Waals surface area (Å²) in [5.74, 6) is 0. The maximum Gasteiger partial charge on any atom is 0.144 e. The van der Waals surface area contributed by atoms with Crippen molar-refractivity contribution in [1.29, 1.82) is 0 Å². The molecule has 1 aliphatic carbocycles. The standard InChI is InChI=1S/C29H20N2O/c32-29(24-17-9-7-15-22(24)20-11-3-1-4-12-20)25-18-10-8-16-23(25)28-26(29)19-27(30-31-28)21-13-5-2-6-14-21/h1-19,32H. The van der Waals surface area contributed by atoms with Gasteiger partial charge in [0.25, 0.3) is 0 Å². The molecule has 5 aromatic rings. The Morgan fingerprint density at radius 1 is 0.500 bits per heavy atom. The van der Waals surface area contributed by atoms with Gasteiger partial charge in [-0.2, -0.15) is 0 Å². The molecule has 0 amide bonds. The first-order chi connectivity index (χ1) is 15.8.